The molecule has 77 heavy (non-hydrogen) atoms. The molecule has 1 heterocycles. The minimum atomic E-state index is -0.166. The van der Waals surface area contributed by atoms with Gasteiger partial charge < -0.3 is 14.2 Å². The summed E-state index contributed by atoms with van der Waals surface area (Å²) in [5, 5.41) is 9.74. The van der Waals surface area contributed by atoms with Gasteiger partial charge in [0.05, 0.1) is 0 Å². The summed E-state index contributed by atoms with van der Waals surface area (Å²) >= 11 is 0. The summed E-state index contributed by atoms with van der Waals surface area (Å²) in [5.74, 6) is 0. The van der Waals surface area contributed by atoms with Crippen molar-refractivity contribution >= 4 is 88.3 Å². The molecular weight excluding hydrogens is 933 g/mol. The minimum absolute atomic E-state index is 0.0408. The van der Waals surface area contributed by atoms with Gasteiger partial charge >= 0.3 is 0 Å². The summed E-state index contributed by atoms with van der Waals surface area (Å²) in [4.78, 5) is 4.93. The Morgan fingerprint density at radius 2 is 0.870 bits per heavy atom. The molecule has 3 aliphatic carbocycles. The number of rotatable bonds is 6. The molecule has 0 saturated heterocycles. The summed E-state index contributed by atoms with van der Waals surface area (Å²) in [7, 11) is 0. The fourth-order valence-corrected chi connectivity index (χ4v) is 13.4. The molecule has 10 aromatic carbocycles. The molecule has 11 aromatic rings. The lowest BCUT2D eigenvalue weighted by Gasteiger charge is -2.33. The van der Waals surface area contributed by atoms with Crippen LogP contribution in [0.1, 0.15) is 115 Å². The Morgan fingerprint density at radius 3 is 1.51 bits per heavy atom. The number of hydrogen-bond acceptors (Lipinski definition) is 3. The summed E-state index contributed by atoms with van der Waals surface area (Å²) in [5.41, 5.74) is 22.3. The predicted octanol–water partition coefficient (Wildman–Crippen LogP) is 21.0. The third kappa shape index (κ3) is 7.52. The second-order valence-electron chi connectivity index (χ2n) is 25.4. The number of hydrogen-bond donors (Lipinski definition) is 0. The molecule has 0 N–H and O–H groups in total. The summed E-state index contributed by atoms with van der Waals surface area (Å²) in [6.07, 6.45) is 4.44. The van der Waals surface area contributed by atoms with Crippen LogP contribution < -0.4 is 9.80 Å². The molecule has 0 unspecified atom stereocenters. The van der Waals surface area contributed by atoms with Crippen molar-refractivity contribution in [1.82, 2.24) is 0 Å². The van der Waals surface area contributed by atoms with Crippen molar-refractivity contribution in [2.75, 3.05) is 9.80 Å². The number of nitrogens with zero attached hydrogens (tertiary/aromatic N) is 2. The molecule has 14 rings (SSSR count). The molecule has 0 fully saturated rings. The maximum absolute atomic E-state index is 7.00. The van der Waals surface area contributed by atoms with E-state index in [2.05, 4.69) is 273 Å². The largest absolute Gasteiger partial charge is 0.456 e. The van der Waals surface area contributed by atoms with Gasteiger partial charge in [-0.05, 0) is 215 Å². The van der Waals surface area contributed by atoms with E-state index < -0.39 is 0 Å². The Hall–Kier alpha value is -8.14. The molecule has 0 amide bonds. The van der Waals surface area contributed by atoms with Gasteiger partial charge in [-0.25, -0.2) is 0 Å². The van der Waals surface area contributed by atoms with Crippen LogP contribution >= 0.6 is 0 Å². The van der Waals surface area contributed by atoms with Crippen LogP contribution in [0.2, 0.25) is 0 Å². The monoisotopic (exact) mass is 999 g/mol. The van der Waals surface area contributed by atoms with Crippen LogP contribution in [0.3, 0.4) is 0 Å². The Morgan fingerprint density at radius 1 is 0.377 bits per heavy atom. The molecule has 0 atom stereocenters. The van der Waals surface area contributed by atoms with Crippen molar-refractivity contribution in [3.05, 3.63) is 239 Å². The number of benzene rings is 10. The van der Waals surface area contributed by atoms with E-state index >= 15 is 0 Å². The summed E-state index contributed by atoms with van der Waals surface area (Å²) in [6.45, 7) is 23.3. The summed E-state index contributed by atoms with van der Waals surface area (Å²) in [6, 6.07) is 71.1. The first-order valence-electron chi connectivity index (χ1n) is 27.8. The lowest BCUT2D eigenvalue weighted by molar-refractivity contribution is 0.590. The highest BCUT2D eigenvalue weighted by molar-refractivity contribution is 6.11. The molecule has 3 nitrogen and oxygen atoms in total. The van der Waals surface area contributed by atoms with Gasteiger partial charge in [-0.1, -0.05) is 154 Å². The van der Waals surface area contributed by atoms with Crippen molar-refractivity contribution in [2.45, 2.75) is 104 Å². The van der Waals surface area contributed by atoms with E-state index in [1.165, 1.54) is 88.3 Å². The van der Waals surface area contributed by atoms with Gasteiger partial charge in [-0.3, -0.25) is 0 Å². The third-order valence-electron chi connectivity index (χ3n) is 17.8. The van der Waals surface area contributed by atoms with Gasteiger partial charge in [0.15, 0.2) is 0 Å². The number of fused-ring (bicyclic) bond motifs is 11. The standard InChI is InChI=1S/C74H66N2O/c1-71(2,3)51-20-25-53(26-21-51)75(56-29-32-59-62-36-45-15-11-13-17-47(45)39-65(62)73(7,8)67(59)42-56)55-24-19-49-38-64-61-34-31-58(44-70(61)77-69(64)41-50(49)35-55)76(54-27-22-52(23-28-54)72(4,5)6)57-30-33-60-63-37-46-16-12-14-18-48(46)40-66(63)74(9,10)68(60)43-57/h11-29,31-32,34-44H,30,33H2,1-10H3. The molecule has 378 valence electrons. The Kier molecular flexibility index (Phi) is 10.3. The van der Waals surface area contributed by atoms with E-state index in [0.717, 1.165) is 68.6 Å². The zero-order valence-electron chi connectivity index (χ0n) is 46.2. The lowest BCUT2D eigenvalue weighted by Crippen LogP contribution is -2.22. The van der Waals surface area contributed by atoms with Crippen LogP contribution in [0.25, 0.3) is 71.0 Å². The van der Waals surface area contributed by atoms with Crippen LogP contribution in [-0.2, 0) is 21.7 Å². The van der Waals surface area contributed by atoms with E-state index in [0.29, 0.717) is 0 Å². The lowest BCUT2D eigenvalue weighted by atomic mass is 9.79. The minimum Gasteiger partial charge on any atom is -0.456 e. The van der Waals surface area contributed by atoms with Gasteiger partial charge in [-0.15, -0.1) is 0 Å². The van der Waals surface area contributed by atoms with Crippen LogP contribution in [0.4, 0.5) is 28.4 Å². The Balaban J connectivity index is 0.868. The van der Waals surface area contributed by atoms with Crippen LogP contribution in [0, 0.1) is 0 Å². The first-order chi connectivity index (χ1) is 36.9. The molecule has 0 radical (unpaired) electrons. The van der Waals surface area contributed by atoms with Crippen molar-refractivity contribution in [2.24, 2.45) is 0 Å². The maximum Gasteiger partial charge on any atom is 0.137 e. The first kappa shape index (κ1) is 47.3. The molecule has 1 aromatic heterocycles. The molecule has 3 aliphatic rings. The van der Waals surface area contributed by atoms with E-state index in [1.54, 1.807) is 0 Å². The number of furan rings is 1. The van der Waals surface area contributed by atoms with Crippen molar-refractivity contribution in [3.63, 3.8) is 0 Å². The quantitative estimate of drug-likeness (QED) is 0.165. The highest BCUT2D eigenvalue weighted by atomic mass is 16.3. The fraction of sp³-hybridized carbons (Fsp3) is 0.216. The number of anilines is 5. The van der Waals surface area contributed by atoms with Crippen molar-refractivity contribution in [3.8, 4) is 11.1 Å². The average Bonchev–Trinajstić information content (AvgIpc) is 4.02. The van der Waals surface area contributed by atoms with Crippen molar-refractivity contribution in [1.29, 1.82) is 0 Å². The fourth-order valence-electron chi connectivity index (χ4n) is 13.4. The van der Waals surface area contributed by atoms with Crippen molar-refractivity contribution < 1.29 is 4.42 Å². The maximum atomic E-state index is 7.00. The van der Waals surface area contributed by atoms with Gasteiger partial charge in [0.25, 0.3) is 0 Å². The molecule has 0 aliphatic heterocycles. The molecule has 3 heteroatoms. The van der Waals surface area contributed by atoms with E-state index in [4.69, 9.17) is 4.42 Å². The van der Waals surface area contributed by atoms with Crippen LogP contribution in [-0.4, -0.2) is 0 Å². The topological polar surface area (TPSA) is 19.6 Å². The smallest absolute Gasteiger partial charge is 0.137 e. The first-order valence-corrected chi connectivity index (χ1v) is 27.8. The van der Waals surface area contributed by atoms with Gasteiger partial charge in [0.1, 0.15) is 11.2 Å². The molecule has 0 saturated carbocycles. The Bertz CT molecular complexity index is 4330. The predicted molar refractivity (Wildman–Crippen MR) is 328 cm³/mol. The van der Waals surface area contributed by atoms with E-state index in [-0.39, 0.29) is 21.7 Å². The van der Waals surface area contributed by atoms with E-state index in [9.17, 15) is 0 Å². The Labute approximate surface area is 453 Å². The zero-order chi connectivity index (χ0) is 52.9. The highest BCUT2D eigenvalue weighted by Gasteiger charge is 2.40. The van der Waals surface area contributed by atoms with Gasteiger partial charge in [0.2, 0.25) is 0 Å². The van der Waals surface area contributed by atoms with Gasteiger partial charge in [0, 0.05) is 61.8 Å². The second kappa shape index (κ2) is 16.7. The SMILES string of the molecule is CC(C)(C)c1ccc(N(C2=CC3=C(CC2)c2cc4ccccc4cc2C3(C)C)c2ccc3c(c2)oc2cc4cc(N(c5ccc(C(C)(C)C)cc5)c5ccc6c(c5)C(C)(C)c5cc7ccccc7cc5-6)ccc4cc23)cc1. The molecule has 0 bridgehead atoms. The second-order valence-corrected chi connectivity index (χ2v) is 25.4. The van der Waals surface area contributed by atoms with Crippen LogP contribution in [0.15, 0.2) is 210 Å². The van der Waals surface area contributed by atoms with E-state index in [1.807, 2.05) is 0 Å². The normalized spacial score (nSPS) is 15.5. The molecule has 0 spiro atoms. The number of allylic oxidation sites excluding steroid dienone is 4. The average molecular weight is 999 g/mol. The molecular formula is C74H66N2O. The van der Waals surface area contributed by atoms with Crippen LogP contribution in [0.5, 0.6) is 0 Å². The zero-order valence-corrected chi connectivity index (χ0v) is 46.2. The van der Waals surface area contributed by atoms with Gasteiger partial charge in [-0.2, -0.15) is 0 Å². The highest BCUT2D eigenvalue weighted by Crippen LogP contribution is 2.55. The summed E-state index contributed by atoms with van der Waals surface area (Å²) < 4.78 is 7.00. The third-order valence-corrected chi connectivity index (χ3v) is 17.8.